The van der Waals surface area contributed by atoms with Crippen molar-refractivity contribution in [2.45, 2.75) is 58.3 Å². The van der Waals surface area contributed by atoms with Crippen LogP contribution in [0.25, 0.3) is 0 Å². The maximum atomic E-state index is 12.5. The zero-order valence-electron chi connectivity index (χ0n) is 14.3. The molecule has 2 amide bonds. The summed E-state index contributed by atoms with van der Waals surface area (Å²) in [5.74, 6) is 0.655. The Morgan fingerprint density at radius 2 is 1.87 bits per heavy atom. The molecule has 0 spiro atoms. The zero-order valence-corrected chi connectivity index (χ0v) is 14.3. The number of aliphatic hydroxyl groups excluding tert-OH is 1. The van der Waals surface area contributed by atoms with Gasteiger partial charge in [0.1, 0.15) is 0 Å². The van der Waals surface area contributed by atoms with Crippen LogP contribution in [0.1, 0.15) is 58.3 Å². The van der Waals surface area contributed by atoms with Crippen LogP contribution < -0.4 is 5.32 Å². The number of rotatable bonds is 5. The maximum Gasteiger partial charge on any atom is 0.231 e. The van der Waals surface area contributed by atoms with E-state index in [1.165, 1.54) is 0 Å². The third-order valence-electron chi connectivity index (χ3n) is 6.22. The van der Waals surface area contributed by atoms with Crippen LogP contribution in [-0.4, -0.2) is 48.1 Å². The van der Waals surface area contributed by atoms with E-state index in [-0.39, 0.29) is 23.8 Å². The fourth-order valence-electron chi connectivity index (χ4n) is 4.17. The smallest absolute Gasteiger partial charge is 0.231 e. The molecule has 2 N–H and O–H groups in total. The summed E-state index contributed by atoms with van der Waals surface area (Å²) in [6, 6.07) is 0. The second kappa shape index (κ2) is 6.42. The van der Waals surface area contributed by atoms with Crippen molar-refractivity contribution in [2.75, 3.05) is 26.2 Å². The van der Waals surface area contributed by atoms with Gasteiger partial charge in [-0.1, -0.05) is 19.8 Å². The molecule has 0 bridgehead atoms. The fraction of sp³-hybridized carbons (Fsp3) is 0.889. The normalized spacial score (nSPS) is 28.4. The highest BCUT2D eigenvalue weighted by atomic mass is 16.3. The molecule has 5 heteroatoms. The highest BCUT2D eigenvalue weighted by Crippen LogP contribution is 2.47. The minimum Gasteiger partial charge on any atom is -0.395 e. The third kappa shape index (κ3) is 3.39. The summed E-state index contributed by atoms with van der Waals surface area (Å²) in [5.41, 5.74) is -0.651. The van der Waals surface area contributed by atoms with Crippen molar-refractivity contribution >= 4 is 11.8 Å². The number of hydrogen-bond donors (Lipinski definition) is 2. The van der Waals surface area contributed by atoms with Gasteiger partial charge in [0, 0.05) is 25.0 Å². The first-order valence-electron chi connectivity index (χ1n) is 9.18. The van der Waals surface area contributed by atoms with Gasteiger partial charge in [-0.05, 0) is 44.4 Å². The van der Waals surface area contributed by atoms with Crippen molar-refractivity contribution in [3.63, 3.8) is 0 Å². The second-order valence-electron chi connectivity index (χ2n) is 8.18. The molecular formula is C18H30N2O3. The van der Waals surface area contributed by atoms with Crippen LogP contribution in [0.4, 0.5) is 0 Å². The van der Waals surface area contributed by atoms with Crippen LogP contribution in [0.5, 0.6) is 0 Å². The highest BCUT2D eigenvalue weighted by Gasteiger charge is 2.51. The predicted molar refractivity (Wildman–Crippen MR) is 87.6 cm³/mol. The maximum absolute atomic E-state index is 12.5. The summed E-state index contributed by atoms with van der Waals surface area (Å²) in [6.07, 6.45) is 7.98. The lowest BCUT2D eigenvalue weighted by atomic mass is 9.87. The molecule has 23 heavy (non-hydrogen) atoms. The van der Waals surface area contributed by atoms with E-state index in [1.54, 1.807) is 0 Å². The quantitative estimate of drug-likeness (QED) is 0.809. The molecule has 1 unspecified atom stereocenters. The fourth-order valence-corrected chi connectivity index (χ4v) is 4.17. The van der Waals surface area contributed by atoms with Crippen molar-refractivity contribution in [3.05, 3.63) is 0 Å². The lowest BCUT2D eigenvalue weighted by Gasteiger charge is -2.35. The number of amides is 2. The predicted octanol–water partition coefficient (Wildman–Crippen LogP) is 1.69. The largest absolute Gasteiger partial charge is 0.395 e. The molecule has 130 valence electrons. The van der Waals surface area contributed by atoms with Crippen LogP contribution in [0, 0.1) is 16.7 Å². The standard InChI is InChI=1S/C18H30N2O3/c1-17(6-2-3-7-17)15(22)19-11-14-5-4-10-20(12-14)16(23)18(13-21)8-9-18/h14,21H,2-13H2,1H3,(H,19,22). The Labute approximate surface area is 138 Å². The molecule has 3 aliphatic rings. The van der Waals surface area contributed by atoms with Gasteiger partial charge in [0.15, 0.2) is 0 Å². The Hall–Kier alpha value is -1.10. The number of nitrogens with one attached hydrogen (secondary N) is 1. The molecule has 2 aliphatic carbocycles. The molecule has 0 aromatic carbocycles. The van der Waals surface area contributed by atoms with Crippen molar-refractivity contribution in [2.24, 2.45) is 16.7 Å². The summed E-state index contributed by atoms with van der Waals surface area (Å²) in [7, 11) is 0. The first kappa shape index (κ1) is 16.7. The van der Waals surface area contributed by atoms with Crippen molar-refractivity contribution in [1.82, 2.24) is 10.2 Å². The van der Waals surface area contributed by atoms with Crippen LogP contribution in [0.15, 0.2) is 0 Å². The lowest BCUT2D eigenvalue weighted by molar-refractivity contribution is -0.140. The molecule has 0 radical (unpaired) electrons. The summed E-state index contributed by atoms with van der Waals surface area (Å²) < 4.78 is 0. The van der Waals surface area contributed by atoms with Crippen molar-refractivity contribution in [1.29, 1.82) is 0 Å². The van der Waals surface area contributed by atoms with E-state index in [0.717, 1.165) is 64.5 Å². The molecule has 1 saturated heterocycles. The molecule has 0 aromatic heterocycles. The minimum absolute atomic E-state index is 0.0257. The number of carbonyl (C=O) groups excluding carboxylic acids is 2. The lowest BCUT2D eigenvalue weighted by Crippen LogP contribution is -2.48. The Bertz CT molecular complexity index is 467. The monoisotopic (exact) mass is 322 g/mol. The minimum atomic E-state index is -0.470. The number of hydrogen-bond acceptors (Lipinski definition) is 3. The average molecular weight is 322 g/mol. The summed E-state index contributed by atoms with van der Waals surface area (Å²) in [5, 5.41) is 12.6. The van der Waals surface area contributed by atoms with Gasteiger partial charge >= 0.3 is 0 Å². The van der Waals surface area contributed by atoms with E-state index in [9.17, 15) is 14.7 Å². The van der Waals surface area contributed by atoms with E-state index in [4.69, 9.17) is 0 Å². The molecule has 1 atom stereocenters. The summed E-state index contributed by atoms with van der Waals surface area (Å²) in [4.78, 5) is 26.9. The number of likely N-dealkylation sites (tertiary alicyclic amines) is 1. The van der Waals surface area contributed by atoms with Gasteiger partial charge in [0.05, 0.1) is 12.0 Å². The van der Waals surface area contributed by atoms with Gasteiger partial charge in [0.25, 0.3) is 0 Å². The van der Waals surface area contributed by atoms with Crippen LogP contribution in [0.2, 0.25) is 0 Å². The zero-order chi connectivity index (χ0) is 16.5. The first-order chi connectivity index (χ1) is 11.0. The van der Waals surface area contributed by atoms with Gasteiger partial charge in [-0.2, -0.15) is 0 Å². The Morgan fingerprint density at radius 3 is 2.48 bits per heavy atom. The van der Waals surface area contributed by atoms with Gasteiger partial charge in [-0.25, -0.2) is 0 Å². The SMILES string of the molecule is CC1(C(=O)NCC2CCCN(C(=O)C3(CO)CC3)C2)CCCC1. The first-order valence-corrected chi connectivity index (χ1v) is 9.18. The summed E-state index contributed by atoms with van der Waals surface area (Å²) >= 11 is 0. The molecular weight excluding hydrogens is 292 g/mol. The molecule has 1 aliphatic heterocycles. The van der Waals surface area contributed by atoms with Gasteiger partial charge in [-0.15, -0.1) is 0 Å². The summed E-state index contributed by atoms with van der Waals surface area (Å²) in [6.45, 7) is 4.23. The molecule has 3 fully saturated rings. The molecule has 3 rings (SSSR count). The Balaban J connectivity index is 1.49. The molecule has 1 heterocycles. The van der Waals surface area contributed by atoms with Gasteiger partial charge in [0.2, 0.25) is 11.8 Å². The van der Waals surface area contributed by atoms with Gasteiger partial charge in [-0.3, -0.25) is 9.59 Å². The number of carbonyl (C=O) groups is 2. The van der Waals surface area contributed by atoms with E-state index < -0.39 is 5.41 Å². The molecule has 2 saturated carbocycles. The molecule has 0 aromatic rings. The number of nitrogens with zero attached hydrogens (tertiary/aromatic N) is 1. The van der Waals surface area contributed by atoms with Crippen molar-refractivity contribution < 1.29 is 14.7 Å². The third-order valence-corrected chi connectivity index (χ3v) is 6.22. The average Bonchev–Trinajstić information content (AvgIpc) is 3.26. The van der Waals surface area contributed by atoms with E-state index in [1.807, 2.05) is 4.90 Å². The number of aliphatic hydroxyl groups is 1. The topological polar surface area (TPSA) is 69.6 Å². The molecule has 5 nitrogen and oxygen atoms in total. The van der Waals surface area contributed by atoms with Gasteiger partial charge < -0.3 is 15.3 Å². The van der Waals surface area contributed by atoms with Crippen molar-refractivity contribution in [3.8, 4) is 0 Å². The Morgan fingerprint density at radius 1 is 1.17 bits per heavy atom. The second-order valence-corrected chi connectivity index (χ2v) is 8.18. The van der Waals surface area contributed by atoms with E-state index in [0.29, 0.717) is 12.5 Å². The Kier molecular flexibility index (Phi) is 4.68. The van der Waals surface area contributed by atoms with Crippen LogP contribution in [0.3, 0.4) is 0 Å². The number of piperidine rings is 1. The van der Waals surface area contributed by atoms with E-state index in [2.05, 4.69) is 12.2 Å². The van der Waals surface area contributed by atoms with E-state index >= 15 is 0 Å². The highest BCUT2D eigenvalue weighted by molar-refractivity contribution is 5.85. The van der Waals surface area contributed by atoms with Crippen LogP contribution in [-0.2, 0) is 9.59 Å². The van der Waals surface area contributed by atoms with Crippen LogP contribution >= 0.6 is 0 Å².